The van der Waals surface area contributed by atoms with Gasteiger partial charge in [0, 0.05) is 11.8 Å². The normalized spacial score (nSPS) is 30.4. The van der Waals surface area contributed by atoms with Crippen molar-refractivity contribution in [3.05, 3.63) is 42.0 Å². The van der Waals surface area contributed by atoms with Gasteiger partial charge in [0.1, 0.15) is 11.5 Å². The van der Waals surface area contributed by atoms with Crippen LogP contribution in [-0.2, 0) is 11.2 Å². The van der Waals surface area contributed by atoms with Crippen molar-refractivity contribution in [2.24, 2.45) is 11.3 Å². The van der Waals surface area contributed by atoms with Gasteiger partial charge in [-0.3, -0.25) is 4.79 Å². The van der Waals surface area contributed by atoms with E-state index in [4.69, 9.17) is 4.74 Å². The summed E-state index contributed by atoms with van der Waals surface area (Å²) in [5.41, 5.74) is 2.66. The quantitative estimate of drug-likeness (QED) is 0.738. The third-order valence-electron chi connectivity index (χ3n) is 5.93. The standard InChI is InChI=1S/C20H26O2/c1-4-16-6-5-7-19(21)20(16,2)11-10-14-12-15-13-17(22-3)8-9-18(14)15/h4,8-9,13-14,16H,1,5-7,10-12H2,2-3H3/t14?,16-,20+/m1/s1. The number of Topliss-reactive ketones (excluding diaryl/α,β-unsaturated/α-hetero) is 1. The van der Waals surface area contributed by atoms with Crippen molar-refractivity contribution in [3.8, 4) is 5.75 Å². The van der Waals surface area contributed by atoms with E-state index in [1.165, 1.54) is 11.1 Å². The molecule has 1 aromatic carbocycles. The van der Waals surface area contributed by atoms with Crippen molar-refractivity contribution in [3.63, 3.8) is 0 Å². The second-order valence-electron chi connectivity index (χ2n) is 7.08. The van der Waals surface area contributed by atoms with Crippen molar-refractivity contribution >= 4 is 5.78 Å². The van der Waals surface area contributed by atoms with Crippen LogP contribution in [0.1, 0.15) is 56.1 Å². The molecule has 0 aromatic heterocycles. The van der Waals surface area contributed by atoms with E-state index < -0.39 is 0 Å². The van der Waals surface area contributed by atoms with Crippen molar-refractivity contribution in [1.82, 2.24) is 0 Å². The molecule has 118 valence electrons. The third kappa shape index (κ3) is 2.49. The van der Waals surface area contributed by atoms with Gasteiger partial charge in [0.25, 0.3) is 0 Å². The maximum Gasteiger partial charge on any atom is 0.139 e. The second kappa shape index (κ2) is 5.91. The zero-order valence-electron chi connectivity index (χ0n) is 13.7. The first-order valence-electron chi connectivity index (χ1n) is 8.41. The SMILES string of the molecule is C=C[C@@H]1CCCC(=O)[C@@]1(C)CCC1Cc2cc(OC)ccc21. The van der Waals surface area contributed by atoms with Crippen LogP contribution >= 0.6 is 0 Å². The van der Waals surface area contributed by atoms with E-state index >= 15 is 0 Å². The summed E-state index contributed by atoms with van der Waals surface area (Å²) in [6, 6.07) is 6.38. The molecular formula is C20H26O2. The summed E-state index contributed by atoms with van der Waals surface area (Å²) in [6.45, 7) is 6.13. The molecule has 3 rings (SSSR count). The summed E-state index contributed by atoms with van der Waals surface area (Å²) in [4.78, 5) is 12.5. The Morgan fingerprint density at radius 3 is 2.95 bits per heavy atom. The number of carbonyl (C=O) groups excluding carboxylic acids is 1. The Balaban J connectivity index is 1.67. The van der Waals surface area contributed by atoms with E-state index in [1.807, 2.05) is 12.1 Å². The maximum absolute atomic E-state index is 12.5. The van der Waals surface area contributed by atoms with Gasteiger partial charge in [0.2, 0.25) is 0 Å². The first-order valence-corrected chi connectivity index (χ1v) is 8.41. The molecule has 0 aliphatic heterocycles. The Morgan fingerprint density at radius 1 is 1.45 bits per heavy atom. The van der Waals surface area contributed by atoms with Gasteiger partial charge < -0.3 is 4.74 Å². The molecule has 0 amide bonds. The van der Waals surface area contributed by atoms with E-state index in [2.05, 4.69) is 25.6 Å². The van der Waals surface area contributed by atoms with Crippen molar-refractivity contribution in [1.29, 1.82) is 0 Å². The molecule has 3 atom stereocenters. The fraction of sp³-hybridized carbons (Fsp3) is 0.550. The van der Waals surface area contributed by atoms with E-state index in [9.17, 15) is 4.79 Å². The van der Waals surface area contributed by atoms with Crippen LogP contribution in [0.3, 0.4) is 0 Å². The largest absolute Gasteiger partial charge is 0.497 e. The molecule has 0 radical (unpaired) electrons. The zero-order valence-corrected chi connectivity index (χ0v) is 13.7. The van der Waals surface area contributed by atoms with E-state index in [0.29, 0.717) is 17.6 Å². The Bertz CT molecular complexity index is 589. The monoisotopic (exact) mass is 298 g/mol. The molecule has 1 saturated carbocycles. The number of benzene rings is 1. The summed E-state index contributed by atoms with van der Waals surface area (Å²) in [7, 11) is 1.71. The predicted octanol–water partition coefficient (Wildman–Crippen LogP) is 4.68. The Kier molecular flexibility index (Phi) is 4.12. The Hall–Kier alpha value is -1.57. The second-order valence-corrected chi connectivity index (χ2v) is 7.08. The highest BCUT2D eigenvalue weighted by atomic mass is 16.5. The van der Waals surface area contributed by atoms with Crippen molar-refractivity contribution < 1.29 is 9.53 Å². The summed E-state index contributed by atoms with van der Waals surface area (Å²) in [5, 5.41) is 0. The van der Waals surface area contributed by atoms with Crippen LogP contribution in [0.5, 0.6) is 5.75 Å². The lowest BCUT2D eigenvalue weighted by Crippen LogP contribution is -2.39. The van der Waals surface area contributed by atoms with Gasteiger partial charge in [0.05, 0.1) is 7.11 Å². The highest BCUT2D eigenvalue weighted by Crippen LogP contribution is 2.47. The molecule has 1 fully saturated rings. The number of allylic oxidation sites excluding steroid dienone is 1. The Labute approximate surface area is 133 Å². The van der Waals surface area contributed by atoms with E-state index in [0.717, 1.165) is 44.3 Å². The van der Waals surface area contributed by atoms with Crippen LogP contribution in [0, 0.1) is 11.3 Å². The molecule has 0 heterocycles. The van der Waals surface area contributed by atoms with Crippen molar-refractivity contribution in [2.75, 3.05) is 7.11 Å². The number of rotatable bonds is 5. The minimum Gasteiger partial charge on any atom is -0.497 e. The van der Waals surface area contributed by atoms with Gasteiger partial charge in [-0.25, -0.2) is 0 Å². The number of ether oxygens (including phenoxy) is 1. The summed E-state index contributed by atoms with van der Waals surface area (Å²) in [6.07, 6.45) is 8.11. The minimum absolute atomic E-state index is 0.192. The van der Waals surface area contributed by atoms with Crippen LogP contribution in [0.15, 0.2) is 30.9 Å². The molecule has 0 spiro atoms. The molecule has 1 aromatic rings. The van der Waals surface area contributed by atoms with Gasteiger partial charge in [-0.15, -0.1) is 6.58 Å². The number of hydrogen-bond acceptors (Lipinski definition) is 2. The number of carbonyl (C=O) groups is 1. The first kappa shape index (κ1) is 15.3. The topological polar surface area (TPSA) is 26.3 Å². The number of methoxy groups -OCH3 is 1. The van der Waals surface area contributed by atoms with E-state index in [1.54, 1.807) is 7.11 Å². The lowest BCUT2D eigenvalue weighted by molar-refractivity contribution is -0.133. The molecule has 1 unspecified atom stereocenters. The van der Waals surface area contributed by atoms with Crippen LogP contribution < -0.4 is 4.74 Å². The molecular weight excluding hydrogens is 272 g/mol. The predicted molar refractivity (Wildman–Crippen MR) is 89.3 cm³/mol. The van der Waals surface area contributed by atoms with Gasteiger partial charge in [-0.05, 0) is 67.2 Å². The van der Waals surface area contributed by atoms with Crippen molar-refractivity contribution in [2.45, 2.75) is 51.4 Å². The fourth-order valence-electron chi connectivity index (χ4n) is 4.26. The molecule has 2 aliphatic rings. The lowest BCUT2D eigenvalue weighted by atomic mass is 9.62. The van der Waals surface area contributed by atoms with Gasteiger partial charge in [0.15, 0.2) is 0 Å². The molecule has 2 heteroatoms. The maximum atomic E-state index is 12.5. The van der Waals surface area contributed by atoms with Crippen LogP contribution in [-0.4, -0.2) is 12.9 Å². The molecule has 2 nitrogen and oxygen atoms in total. The van der Waals surface area contributed by atoms with E-state index in [-0.39, 0.29) is 5.41 Å². The van der Waals surface area contributed by atoms with Gasteiger partial charge in [-0.2, -0.15) is 0 Å². The zero-order chi connectivity index (χ0) is 15.7. The first-order chi connectivity index (χ1) is 10.6. The summed E-state index contributed by atoms with van der Waals surface area (Å²) in [5.74, 6) is 2.35. The smallest absolute Gasteiger partial charge is 0.139 e. The highest BCUT2D eigenvalue weighted by molar-refractivity contribution is 5.85. The van der Waals surface area contributed by atoms with Gasteiger partial charge >= 0.3 is 0 Å². The molecule has 0 saturated heterocycles. The highest BCUT2D eigenvalue weighted by Gasteiger charge is 2.42. The van der Waals surface area contributed by atoms with Crippen LogP contribution in [0.4, 0.5) is 0 Å². The summed E-state index contributed by atoms with van der Waals surface area (Å²) < 4.78 is 5.28. The Morgan fingerprint density at radius 2 is 2.27 bits per heavy atom. The van der Waals surface area contributed by atoms with Crippen LogP contribution in [0.2, 0.25) is 0 Å². The molecule has 0 bridgehead atoms. The third-order valence-corrected chi connectivity index (χ3v) is 5.93. The average Bonchev–Trinajstić information content (AvgIpc) is 2.50. The molecule has 22 heavy (non-hydrogen) atoms. The minimum atomic E-state index is -0.192. The average molecular weight is 298 g/mol. The number of fused-ring (bicyclic) bond motifs is 1. The number of ketones is 1. The molecule has 2 aliphatic carbocycles. The molecule has 0 N–H and O–H groups in total. The fourth-order valence-corrected chi connectivity index (χ4v) is 4.26. The number of hydrogen-bond donors (Lipinski definition) is 0. The summed E-state index contributed by atoms with van der Waals surface area (Å²) >= 11 is 0. The lowest BCUT2D eigenvalue weighted by Gasteiger charge is -2.41. The van der Waals surface area contributed by atoms with Crippen LogP contribution in [0.25, 0.3) is 0 Å². The van der Waals surface area contributed by atoms with Gasteiger partial charge in [-0.1, -0.05) is 19.1 Å².